The summed E-state index contributed by atoms with van der Waals surface area (Å²) in [6.45, 7) is 1.74. The fourth-order valence-corrected chi connectivity index (χ4v) is 2.05. The Hall–Kier alpha value is -2.63. The fraction of sp³-hybridized carbons (Fsp3) is 0.118. The molecule has 6 heteroatoms. The van der Waals surface area contributed by atoms with Crippen LogP contribution in [0.2, 0.25) is 0 Å². The molecule has 0 N–H and O–H groups in total. The van der Waals surface area contributed by atoms with Crippen LogP contribution in [0.4, 0.5) is 17.6 Å². The van der Waals surface area contributed by atoms with E-state index in [2.05, 4.69) is 0 Å². The first-order valence-corrected chi connectivity index (χ1v) is 6.72. The third-order valence-electron chi connectivity index (χ3n) is 3.10. The van der Waals surface area contributed by atoms with Crippen LogP contribution >= 0.6 is 0 Å². The average Bonchev–Trinajstić information content (AvgIpc) is 2.54. The van der Waals surface area contributed by atoms with E-state index in [4.69, 9.17) is 4.74 Å². The first kappa shape index (κ1) is 16.7. The lowest BCUT2D eigenvalue weighted by atomic mass is 10.0. The van der Waals surface area contributed by atoms with Gasteiger partial charge in [-0.2, -0.15) is 4.39 Å². The molecule has 0 amide bonds. The Balaban J connectivity index is 2.55. The predicted molar refractivity (Wildman–Crippen MR) is 78.0 cm³/mol. The summed E-state index contributed by atoms with van der Waals surface area (Å²) in [5, 5.41) is 0. The minimum Gasteiger partial charge on any atom is -0.491 e. The Labute approximate surface area is 130 Å². The quantitative estimate of drug-likeness (QED) is 0.459. The lowest BCUT2D eigenvalue weighted by molar-refractivity contribution is -0.104. The van der Waals surface area contributed by atoms with Crippen molar-refractivity contribution in [1.29, 1.82) is 0 Å². The Kier molecular flexibility index (Phi) is 5.16. The van der Waals surface area contributed by atoms with Crippen molar-refractivity contribution in [2.24, 2.45) is 0 Å². The maximum Gasteiger partial charge on any atom is 0.201 e. The van der Waals surface area contributed by atoms with Crippen molar-refractivity contribution in [3.05, 3.63) is 59.2 Å². The lowest BCUT2D eigenvalue weighted by Crippen LogP contribution is -2.00. The number of benzene rings is 2. The number of ether oxygens (including phenoxy) is 1. The van der Waals surface area contributed by atoms with Crippen LogP contribution in [0, 0.1) is 23.3 Å². The number of carbonyl (C=O) groups is 1. The molecule has 0 radical (unpaired) electrons. The molecule has 0 saturated carbocycles. The number of hydrogen-bond acceptors (Lipinski definition) is 2. The largest absolute Gasteiger partial charge is 0.491 e. The highest BCUT2D eigenvalue weighted by atomic mass is 19.2. The summed E-state index contributed by atoms with van der Waals surface area (Å²) >= 11 is 0. The third kappa shape index (κ3) is 3.26. The standard InChI is InChI=1S/C17H12F4O2/c1-2-23-13-8-7-12(16(20)17(13)21)11-6-5-10(4-3-9-22)14(18)15(11)19/h3-9H,2H2,1H3/b4-3+. The molecule has 0 fully saturated rings. The minimum absolute atomic E-state index is 0.135. The summed E-state index contributed by atoms with van der Waals surface area (Å²) in [7, 11) is 0. The van der Waals surface area contributed by atoms with Crippen molar-refractivity contribution in [3.63, 3.8) is 0 Å². The molecule has 0 atom stereocenters. The van der Waals surface area contributed by atoms with Crippen LogP contribution in [-0.4, -0.2) is 12.9 Å². The molecule has 0 aliphatic heterocycles. The number of hydrogen-bond donors (Lipinski definition) is 0. The van der Waals surface area contributed by atoms with Gasteiger partial charge in [-0.15, -0.1) is 0 Å². The molecule has 120 valence electrons. The first-order chi connectivity index (χ1) is 11.0. The molecule has 0 saturated heterocycles. The van der Waals surface area contributed by atoms with Gasteiger partial charge >= 0.3 is 0 Å². The van der Waals surface area contributed by atoms with Crippen molar-refractivity contribution in [1.82, 2.24) is 0 Å². The number of carbonyl (C=O) groups excluding carboxylic acids is 1. The number of aldehydes is 1. The van der Waals surface area contributed by atoms with Gasteiger partial charge in [-0.05, 0) is 31.2 Å². The van der Waals surface area contributed by atoms with E-state index in [1.807, 2.05) is 0 Å². The lowest BCUT2D eigenvalue weighted by Gasteiger charge is -2.11. The van der Waals surface area contributed by atoms with E-state index in [1.54, 1.807) is 6.92 Å². The van der Waals surface area contributed by atoms with Crippen LogP contribution in [0.1, 0.15) is 12.5 Å². The second kappa shape index (κ2) is 7.09. The number of rotatable bonds is 5. The molecule has 23 heavy (non-hydrogen) atoms. The summed E-state index contributed by atoms with van der Waals surface area (Å²) in [6, 6.07) is 4.54. The second-order valence-electron chi connectivity index (χ2n) is 4.50. The Bertz CT molecular complexity index is 770. The van der Waals surface area contributed by atoms with Crippen LogP contribution in [0.3, 0.4) is 0 Å². The number of halogens is 4. The zero-order chi connectivity index (χ0) is 17.0. The summed E-state index contributed by atoms with van der Waals surface area (Å²) in [5.74, 6) is -5.49. The smallest absolute Gasteiger partial charge is 0.201 e. The van der Waals surface area contributed by atoms with Crippen molar-refractivity contribution in [3.8, 4) is 16.9 Å². The monoisotopic (exact) mass is 324 g/mol. The minimum atomic E-state index is -1.33. The molecule has 0 bridgehead atoms. The maximum atomic E-state index is 14.1. The average molecular weight is 324 g/mol. The molecule has 2 aromatic rings. The molecular weight excluding hydrogens is 312 g/mol. The molecule has 0 unspecified atom stereocenters. The normalized spacial score (nSPS) is 11.0. The van der Waals surface area contributed by atoms with Crippen LogP contribution < -0.4 is 4.74 Å². The van der Waals surface area contributed by atoms with Gasteiger partial charge in [0.05, 0.1) is 6.61 Å². The van der Waals surface area contributed by atoms with Gasteiger partial charge in [0.2, 0.25) is 5.82 Å². The van der Waals surface area contributed by atoms with Gasteiger partial charge in [-0.3, -0.25) is 4.79 Å². The topological polar surface area (TPSA) is 26.3 Å². The summed E-state index contributed by atoms with van der Waals surface area (Å²) in [4.78, 5) is 10.2. The van der Waals surface area contributed by atoms with Crippen LogP contribution in [0.25, 0.3) is 17.2 Å². The van der Waals surface area contributed by atoms with Crippen molar-refractivity contribution >= 4 is 12.4 Å². The van der Waals surface area contributed by atoms with Gasteiger partial charge in [-0.1, -0.05) is 12.1 Å². The molecule has 2 aromatic carbocycles. The molecule has 0 aliphatic rings. The van der Waals surface area contributed by atoms with Gasteiger partial charge in [0, 0.05) is 16.7 Å². The summed E-state index contributed by atoms with van der Waals surface area (Å²) in [6.07, 6.45) is 2.48. The molecule has 0 aliphatic carbocycles. The van der Waals surface area contributed by atoms with Gasteiger partial charge in [-0.25, -0.2) is 13.2 Å². The van der Waals surface area contributed by atoms with Gasteiger partial charge in [0.1, 0.15) is 6.29 Å². The van der Waals surface area contributed by atoms with E-state index in [1.165, 1.54) is 6.07 Å². The van der Waals surface area contributed by atoms with Gasteiger partial charge < -0.3 is 4.74 Å². The highest BCUT2D eigenvalue weighted by Crippen LogP contribution is 2.33. The van der Waals surface area contributed by atoms with E-state index >= 15 is 0 Å². The first-order valence-electron chi connectivity index (χ1n) is 6.72. The summed E-state index contributed by atoms with van der Waals surface area (Å²) < 4.78 is 60.9. The van der Waals surface area contributed by atoms with Crippen molar-refractivity contribution in [2.75, 3.05) is 6.61 Å². The number of allylic oxidation sites excluding steroid dienone is 1. The second-order valence-corrected chi connectivity index (χ2v) is 4.50. The molecular formula is C17H12F4O2. The van der Waals surface area contributed by atoms with E-state index in [9.17, 15) is 22.4 Å². The molecule has 0 aromatic heterocycles. The molecule has 0 heterocycles. The zero-order valence-electron chi connectivity index (χ0n) is 12.1. The predicted octanol–water partition coefficient (Wildman–Crippen LogP) is 4.52. The van der Waals surface area contributed by atoms with Crippen molar-refractivity contribution in [2.45, 2.75) is 6.92 Å². The van der Waals surface area contributed by atoms with Crippen molar-refractivity contribution < 1.29 is 27.1 Å². The van der Waals surface area contributed by atoms with Crippen LogP contribution in [0.5, 0.6) is 5.75 Å². The van der Waals surface area contributed by atoms with E-state index < -0.39 is 34.4 Å². The van der Waals surface area contributed by atoms with E-state index in [0.717, 1.165) is 30.4 Å². The van der Waals surface area contributed by atoms with E-state index in [0.29, 0.717) is 6.29 Å². The van der Waals surface area contributed by atoms with Crippen LogP contribution in [0.15, 0.2) is 30.3 Å². The van der Waals surface area contributed by atoms with E-state index in [-0.39, 0.29) is 17.9 Å². The third-order valence-corrected chi connectivity index (χ3v) is 3.10. The highest BCUT2D eigenvalue weighted by Gasteiger charge is 2.20. The van der Waals surface area contributed by atoms with Gasteiger partial charge in [0.15, 0.2) is 23.2 Å². The molecule has 2 rings (SSSR count). The Morgan fingerprint density at radius 3 is 2.13 bits per heavy atom. The van der Waals surface area contributed by atoms with Crippen LogP contribution in [-0.2, 0) is 4.79 Å². The summed E-state index contributed by atoms with van der Waals surface area (Å²) in [5.41, 5.74) is -1.02. The molecule has 2 nitrogen and oxygen atoms in total. The fourth-order valence-electron chi connectivity index (χ4n) is 2.05. The Morgan fingerprint density at radius 1 is 0.913 bits per heavy atom. The van der Waals surface area contributed by atoms with Gasteiger partial charge in [0.25, 0.3) is 0 Å². The Morgan fingerprint density at radius 2 is 1.52 bits per heavy atom. The highest BCUT2D eigenvalue weighted by molar-refractivity contribution is 5.75. The zero-order valence-corrected chi connectivity index (χ0v) is 12.1. The SMILES string of the molecule is CCOc1ccc(-c2ccc(/C=C/C=O)c(F)c2F)c(F)c1F. The maximum absolute atomic E-state index is 14.1. The molecule has 0 spiro atoms.